The Kier molecular flexibility index (Phi) is 9.33. The van der Waals surface area contributed by atoms with E-state index in [-0.39, 0.29) is 10.8 Å². The van der Waals surface area contributed by atoms with Gasteiger partial charge < -0.3 is 10.1 Å². The fourth-order valence-electron chi connectivity index (χ4n) is 2.98. The normalized spacial score (nSPS) is 11.5. The van der Waals surface area contributed by atoms with Crippen molar-refractivity contribution in [1.82, 2.24) is 4.31 Å². The molecule has 2 aromatic carbocycles. The van der Waals surface area contributed by atoms with E-state index in [0.717, 1.165) is 25.7 Å². The van der Waals surface area contributed by atoms with Gasteiger partial charge in [-0.05, 0) is 61.7 Å². The zero-order valence-corrected chi connectivity index (χ0v) is 18.9. The van der Waals surface area contributed by atoms with E-state index in [4.69, 9.17) is 4.74 Å². The lowest BCUT2D eigenvalue weighted by Crippen LogP contribution is -2.32. The Morgan fingerprint density at radius 2 is 1.63 bits per heavy atom. The van der Waals surface area contributed by atoms with E-state index in [2.05, 4.69) is 12.2 Å². The Balaban J connectivity index is 2.08. The largest absolute Gasteiger partial charge is 0.494 e. The van der Waals surface area contributed by atoms with Gasteiger partial charge in [-0.2, -0.15) is 4.31 Å². The van der Waals surface area contributed by atoms with Gasteiger partial charge in [-0.1, -0.05) is 33.3 Å². The lowest BCUT2D eigenvalue weighted by atomic mass is 10.2. The summed E-state index contributed by atoms with van der Waals surface area (Å²) in [5, 5.41) is 2.81. The zero-order valence-electron chi connectivity index (χ0n) is 18.1. The number of nitrogens with one attached hydrogen (secondary N) is 1. The van der Waals surface area contributed by atoms with Gasteiger partial charge >= 0.3 is 0 Å². The summed E-state index contributed by atoms with van der Waals surface area (Å²) in [5.41, 5.74) is 1.02. The predicted octanol–water partition coefficient (Wildman–Crippen LogP) is 4.93. The van der Waals surface area contributed by atoms with E-state index in [9.17, 15) is 13.2 Å². The van der Waals surface area contributed by atoms with Crippen LogP contribution in [-0.2, 0) is 10.0 Å². The van der Waals surface area contributed by atoms with Crippen molar-refractivity contribution in [2.24, 2.45) is 0 Å². The van der Waals surface area contributed by atoms with E-state index >= 15 is 0 Å². The van der Waals surface area contributed by atoms with Crippen molar-refractivity contribution in [3.05, 3.63) is 54.1 Å². The van der Waals surface area contributed by atoms with Gasteiger partial charge in [0.15, 0.2) is 0 Å². The highest BCUT2D eigenvalue weighted by Crippen LogP contribution is 2.20. The van der Waals surface area contributed by atoms with Crippen LogP contribution in [0.5, 0.6) is 5.75 Å². The number of rotatable bonds is 12. The highest BCUT2D eigenvalue weighted by atomic mass is 32.2. The van der Waals surface area contributed by atoms with Crippen LogP contribution in [0.4, 0.5) is 5.69 Å². The Labute approximate surface area is 180 Å². The zero-order chi connectivity index (χ0) is 22.0. The number of hydrogen-bond donors (Lipinski definition) is 1. The molecule has 0 spiro atoms. The molecule has 2 rings (SSSR count). The molecule has 0 aliphatic carbocycles. The first-order valence-electron chi connectivity index (χ1n) is 10.6. The summed E-state index contributed by atoms with van der Waals surface area (Å²) in [5.74, 6) is 0.384. The van der Waals surface area contributed by atoms with Crippen molar-refractivity contribution in [2.45, 2.75) is 51.3 Å². The molecule has 0 atom stereocenters. The average Bonchev–Trinajstić information content (AvgIpc) is 2.74. The molecule has 0 fully saturated rings. The maximum atomic E-state index is 12.8. The number of sulfonamides is 1. The fourth-order valence-corrected chi connectivity index (χ4v) is 4.60. The van der Waals surface area contributed by atoms with Crippen LogP contribution < -0.4 is 10.1 Å². The molecule has 0 aliphatic heterocycles. The molecule has 2 aromatic rings. The molecule has 0 unspecified atom stereocenters. The van der Waals surface area contributed by atoms with Crippen LogP contribution in [0.3, 0.4) is 0 Å². The van der Waals surface area contributed by atoms with Gasteiger partial charge in [-0.3, -0.25) is 4.79 Å². The molecule has 0 aliphatic rings. The van der Waals surface area contributed by atoms with Gasteiger partial charge in [-0.25, -0.2) is 8.42 Å². The summed E-state index contributed by atoms with van der Waals surface area (Å²) in [4.78, 5) is 12.8. The second-order valence-electron chi connectivity index (χ2n) is 7.11. The summed E-state index contributed by atoms with van der Waals surface area (Å²) >= 11 is 0. The number of ether oxygens (including phenoxy) is 1. The van der Waals surface area contributed by atoms with Gasteiger partial charge in [0.25, 0.3) is 5.91 Å². The van der Waals surface area contributed by atoms with Crippen molar-refractivity contribution in [1.29, 1.82) is 0 Å². The minimum atomic E-state index is -3.54. The van der Waals surface area contributed by atoms with Gasteiger partial charge in [0.2, 0.25) is 10.0 Å². The van der Waals surface area contributed by atoms with Crippen molar-refractivity contribution in [3.8, 4) is 5.75 Å². The first-order chi connectivity index (χ1) is 14.4. The second kappa shape index (κ2) is 11.7. The van der Waals surface area contributed by atoms with Crippen LogP contribution in [0, 0.1) is 0 Å². The summed E-state index contributed by atoms with van der Waals surface area (Å²) < 4.78 is 32.8. The van der Waals surface area contributed by atoms with Crippen LogP contribution in [-0.4, -0.2) is 38.3 Å². The lowest BCUT2D eigenvalue weighted by molar-refractivity contribution is 0.102. The van der Waals surface area contributed by atoms with E-state index in [1.165, 1.54) is 16.4 Å². The molecule has 1 amide bonds. The maximum Gasteiger partial charge on any atom is 0.255 e. The highest BCUT2D eigenvalue weighted by molar-refractivity contribution is 7.89. The first kappa shape index (κ1) is 23.9. The van der Waals surface area contributed by atoms with E-state index in [1.807, 2.05) is 19.9 Å². The number of nitrogens with zero attached hydrogens (tertiary/aromatic N) is 1. The lowest BCUT2D eigenvalue weighted by Gasteiger charge is -2.21. The number of carbonyl (C=O) groups is 1. The highest BCUT2D eigenvalue weighted by Gasteiger charge is 2.22. The first-order valence-corrected chi connectivity index (χ1v) is 12.0. The molecule has 0 radical (unpaired) electrons. The monoisotopic (exact) mass is 432 g/mol. The van der Waals surface area contributed by atoms with E-state index < -0.39 is 10.0 Å². The molecule has 0 bridgehead atoms. The topological polar surface area (TPSA) is 75.7 Å². The molecule has 164 valence electrons. The summed E-state index contributed by atoms with van der Waals surface area (Å²) in [6.45, 7) is 7.61. The van der Waals surface area contributed by atoms with Crippen LogP contribution in [0.15, 0.2) is 53.4 Å². The molecular formula is C23H32N2O4S. The maximum absolute atomic E-state index is 12.8. The average molecular weight is 433 g/mol. The third kappa shape index (κ3) is 6.57. The Hall–Kier alpha value is -2.38. The minimum Gasteiger partial charge on any atom is -0.494 e. The molecule has 6 nitrogen and oxygen atoms in total. The van der Waals surface area contributed by atoms with Gasteiger partial charge in [0.1, 0.15) is 5.75 Å². The third-order valence-corrected chi connectivity index (χ3v) is 6.47. The number of unbranched alkanes of at least 4 members (excludes halogenated alkanes) is 1. The van der Waals surface area contributed by atoms with Crippen LogP contribution >= 0.6 is 0 Å². The second-order valence-corrected chi connectivity index (χ2v) is 9.05. The van der Waals surface area contributed by atoms with Crippen molar-refractivity contribution in [3.63, 3.8) is 0 Å². The van der Waals surface area contributed by atoms with Gasteiger partial charge in [0, 0.05) is 24.3 Å². The predicted molar refractivity (Wildman–Crippen MR) is 121 cm³/mol. The number of amides is 1. The fraction of sp³-hybridized carbons (Fsp3) is 0.435. The standard InChI is InChI=1S/C23H32N2O4S/c1-4-7-17-29-21-10-8-9-19(18-21)23(26)24-20-11-13-22(14-12-20)30(27,28)25(15-5-2)16-6-3/h8-14,18H,4-7,15-17H2,1-3H3,(H,24,26). The number of hydrogen-bond acceptors (Lipinski definition) is 4. The number of carbonyl (C=O) groups excluding carboxylic acids is 1. The summed E-state index contributed by atoms with van der Waals surface area (Å²) in [6, 6.07) is 13.3. The Morgan fingerprint density at radius 3 is 2.23 bits per heavy atom. The molecule has 7 heteroatoms. The summed E-state index contributed by atoms with van der Waals surface area (Å²) in [7, 11) is -3.54. The third-order valence-electron chi connectivity index (χ3n) is 4.56. The molecule has 1 N–H and O–H groups in total. The van der Waals surface area contributed by atoms with Crippen LogP contribution in [0.2, 0.25) is 0 Å². The van der Waals surface area contributed by atoms with Crippen molar-refractivity contribution < 1.29 is 17.9 Å². The van der Waals surface area contributed by atoms with Crippen molar-refractivity contribution >= 4 is 21.6 Å². The quantitative estimate of drug-likeness (QED) is 0.483. The molecule has 0 saturated heterocycles. The number of anilines is 1. The van der Waals surface area contributed by atoms with Gasteiger partial charge in [-0.15, -0.1) is 0 Å². The smallest absolute Gasteiger partial charge is 0.255 e. The van der Waals surface area contributed by atoms with Crippen LogP contribution in [0.25, 0.3) is 0 Å². The molecular weight excluding hydrogens is 400 g/mol. The SMILES string of the molecule is CCCCOc1cccc(C(=O)Nc2ccc(S(=O)(=O)N(CCC)CCC)cc2)c1. The van der Waals surface area contributed by atoms with E-state index in [1.54, 1.807) is 30.3 Å². The van der Waals surface area contributed by atoms with Crippen LogP contribution in [0.1, 0.15) is 56.8 Å². The molecule has 0 heterocycles. The van der Waals surface area contributed by atoms with E-state index in [0.29, 0.717) is 36.7 Å². The number of benzene rings is 2. The summed E-state index contributed by atoms with van der Waals surface area (Å²) in [6.07, 6.45) is 3.52. The molecule has 0 saturated carbocycles. The minimum absolute atomic E-state index is 0.230. The van der Waals surface area contributed by atoms with Gasteiger partial charge in [0.05, 0.1) is 11.5 Å². The Bertz CT molecular complexity index is 905. The molecule has 0 aromatic heterocycles. The molecule has 30 heavy (non-hydrogen) atoms. The van der Waals surface area contributed by atoms with Crippen molar-refractivity contribution in [2.75, 3.05) is 25.0 Å². The Morgan fingerprint density at radius 1 is 0.967 bits per heavy atom.